The summed E-state index contributed by atoms with van der Waals surface area (Å²) in [7, 11) is 6.93. The lowest BCUT2D eigenvalue weighted by Gasteiger charge is -2.44. The van der Waals surface area contributed by atoms with Crippen molar-refractivity contribution in [2.75, 3.05) is 28.4 Å². The highest BCUT2D eigenvalue weighted by Crippen LogP contribution is 2.54. The molecule has 0 aromatic heterocycles. The third-order valence-electron chi connectivity index (χ3n) is 13.1. The first-order valence-electron chi connectivity index (χ1n) is 20.3. The van der Waals surface area contributed by atoms with Crippen molar-refractivity contribution in [3.63, 3.8) is 0 Å². The molecule has 17 unspecified atom stereocenters. The van der Waals surface area contributed by atoms with E-state index in [2.05, 4.69) is 43.5 Å². The van der Waals surface area contributed by atoms with E-state index in [0.29, 0.717) is 12.8 Å². The van der Waals surface area contributed by atoms with Gasteiger partial charge in [0.2, 0.25) is 0 Å². The maximum absolute atomic E-state index is 14.7. The molecular formula is C42H65NO10. The van der Waals surface area contributed by atoms with Crippen LogP contribution in [0.1, 0.15) is 85.5 Å². The minimum Gasteiger partial charge on any atom is -0.458 e. The van der Waals surface area contributed by atoms with Crippen LogP contribution in [-0.2, 0) is 47.5 Å². The number of likely N-dealkylation sites (N-methyl/N-ethyl adjacent to an activating group) is 1. The summed E-state index contributed by atoms with van der Waals surface area (Å²) in [4.78, 5) is 28.3. The van der Waals surface area contributed by atoms with Gasteiger partial charge in [0.05, 0.1) is 30.8 Å². The molecule has 0 aromatic rings. The number of Topliss-reactive ketones (excluding diaryl/α,β-unsaturated/α-hetero) is 1. The Labute approximate surface area is 316 Å². The molecule has 3 aliphatic carbocycles. The van der Waals surface area contributed by atoms with Crippen molar-refractivity contribution in [2.24, 2.45) is 35.5 Å². The molecule has 6 rings (SSSR count). The minimum absolute atomic E-state index is 0.0140. The number of hydrogen-bond acceptors (Lipinski definition) is 11. The molecule has 0 amide bonds. The number of carbonyl (C=O) groups excluding carboxylic acids is 2. The first kappa shape index (κ1) is 40.7. The second kappa shape index (κ2) is 18.3. The molecule has 53 heavy (non-hydrogen) atoms. The number of ketones is 1. The zero-order valence-electron chi connectivity index (χ0n) is 33.1. The first-order chi connectivity index (χ1) is 25.6. The molecule has 3 heterocycles. The fourth-order valence-electron chi connectivity index (χ4n) is 10.2. The smallest absolute Gasteiger partial charge is 0.307 e. The van der Waals surface area contributed by atoms with E-state index < -0.39 is 12.4 Å². The molecule has 17 atom stereocenters. The quantitative estimate of drug-likeness (QED) is 0.219. The molecule has 0 spiro atoms. The second-order valence-electron chi connectivity index (χ2n) is 16.2. The van der Waals surface area contributed by atoms with Crippen LogP contribution in [0.25, 0.3) is 0 Å². The normalized spacial score (nSPS) is 45.1. The maximum Gasteiger partial charge on any atom is 0.307 e. The fourth-order valence-corrected chi connectivity index (χ4v) is 10.2. The number of rotatable bonds is 10. The van der Waals surface area contributed by atoms with Crippen LogP contribution in [0.2, 0.25) is 0 Å². The third kappa shape index (κ3) is 8.88. The van der Waals surface area contributed by atoms with Crippen LogP contribution in [0, 0.1) is 35.5 Å². The topological polar surface area (TPSA) is 120 Å². The SMILES string of the molecule is CCC=CC1CCCC(OC2CCC(NC)C(C)O2)C(C)C(=O)C2=CC3C(C=CC4CC(OC5OC(C)C(OC)C(OC)C5OC)CC43)C2CC(=O)O1. The van der Waals surface area contributed by atoms with Crippen molar-refractivity contribution in [1.29, 1.82) is 0 Å². The number of fused-ring (bicyclic) bond motifs is 5. The predicted octanol–water partition coefficient (Wildman–Crippen LogP) is 5.70. The average molecular weight is 744 g/mol. The van der Waals surface area contributed by atoms with Gasteiger partial charge in [0.25, 0.3) is 0 Å². The fraction of sp³-hybridized carbons (Fsp3) is 0.810. The Hall–Kier alpha value is -1.96. The van der Waals surface area contributed by atoms with Gasteiger partial charge < -0.3 is 43.2 Å². The Morgan fingerprint density at radius 3 is 2.34 bits per heavy atom. The second-order valence-corrected chi connectivity index (χ2v) is 16.2. The molecule has 0 aromatic carbocycles. The van der Waals surface area contributed by atoms with Crippen LogP contribution in [0.3, 0.4) is 0 Å². The van der Waals surface area contributed by atoms with E-state index in [-0.39, 0.29) is 109 Å². The molecule has 298 valence electrons. The monoisotopic (exact) mass is 743 g/mol. The molecular weight excluding hydrogens is 678 g/mol. The summed E-state index contributed by atoms with van der Waals surface area (Å²) >= 11 is 0. The number of hydrogen-bond donors (Lipinski definition) is 1. The summed E-state index contributed by atoms with van der Waals surface area (Å²) in [5.41, 5.74) is 0.750. The van der Waals surface area contributed by atoms with E-state index in [1.807, 2.05) is 27.0 Å². The van der Waals surface area contributed by atoms with Crippen molar-refractivity contribution in [2.45, 2.75) is 153 Å². The first-order valence-corrected chi connectivity index (χ1v) is 20.3. The molecule has 4 fully saturated rings. The lowest BCUT2D eigenvalue weighted by atomic mass is 9.70. The Bertz CT molecular complexity index is 1330. The number of allylic oxidation sites excluding steroid dienone is 5. The highest BCUT2D eigenvalue weighted by molar-refractivity contribution is 5.99. The van der Waals surface area contributed by atoms with Gasteiger partial charge in [0, 0.05) is 39.2 Å². The number of ether oxygens (including phenoxy) is 8. The summed E-state index contributed by atoms with van der Waals surface area (Å²) in [6, 6.07) is 0.279. The van der Waals surface area contributed by atoms with Gasteiger partial charge in [-0.15, -0.1) is 0 Å². The Morgan fingerprint density at radius 2 is 1.64 bits per heavy atom. The highest BCUT2D eigenvalue weighted by atomic mass is 16.7. The van der Waals surface area contributed by atoms with Crippen molar-refractivity contribution in [1.82, 2.24) is 5.32 Å². The molecule has 11 heteroatoms. The van der Waals surface area contributed by atoms with Gasteiger partial charge in [-0.1, -0.05) is 38.2 Å². The van der Waals surface area contributed by atoms with Gasteiger partial charge in [-0.05, 0) is 108 Å². The van der Waals surface area contributed by atoms with Crippen molar-refractivity contribution >= 4 is 11.8 Å². The van der Waals surface area contributed by atoms with E-state index >= 15 is 0 Å². The molecule has 0 bridgehead atoms. The van der Waals surface area contributed by atoms with Crippen LogP contribution < -0.4 is 5.32 Å². The molecule has 3 saturated heterocycles. The van der Waals surface area contributed by atoms with Crippen LogP contribution in [0.4, 0.5) is 0 Å². The summed E-state index contributed by atoms with van der Waals surface area (Å²) in [5, 5.41) is 3.34. The van der Waals surface area contributed by atoms with E-state index in [9.17, 15) is 9.59 Å². The van der Waals surface area contributed by atoms with Crippen molar-refractivity contribution in [3.8, 4) is 0 Å². The van der Waals surface area contributed by atoms with Crippen LogP contribution in [-0.4, -0.2) is 108 Å². The number of cyclic esters (lactones) is 1. The molecule has 0 radical (unpaired) electrons. The third-order valence-corrected chi connectivity index (χ3v) is 13.1. The summed E-state index contributed by atoms with van der Waals surface area (Å²) in [6.45, 7) is 8.13. The number of esters is 1. The Morgan fingerprint density at radius 1 is 0.868 bits per heavy atom. The van der Waals surface area contributed by atoms with E-state index in [0.717, 1.165) is 44.1 Å². The van der Waals surface area contributed by atoms with Gasteiger partial charge in [-0.25, -0.2) is 0 Å². The maximum atomic E-state index is 14.7. The van der Waals surface area contributed by atoms with E-state index in [1.54, 1.807) is 21.3 Å². The van der Waals surface area contributed by atoms with E-state index in [1.165, 1.54) is 0 Å². The van der Waals surface area contributed by atoms with Gasteiger partial charge in [-0.2, -0.15) is 0 Å². The summed E-state index contributed by atoms with van der Waals surface area (Å²) in [5.74, 6) is -0.124. The Balaban J connectivity index is 1.22. The molecule has 1 saturated carbocycles. The van der Waals surface area contributed by atoms with Crippen LogP contribution in [0.15, 0.2) is 36.0 Å². The highest BCUT2D eigenvalue weighted by Gasteiger charge is 2.52. The van der Waals surface area contributed by atoms with Crippen molar-refractivity contribution in [3.05, 3.63) is 36.0 Å². The molecule has 1 N–H and O–H groups in total. The molecule has 3 aliphatic heterocycles. The van der Waals surface area contributed by atoms with Crippen molar-refractivity contribution < 1.29 is 47.5 Å². The van der Waals surface area contributed by atoms with Gasteiger partial charge in [0.1, 0.15) is 24.4 Å². The lowest BCUT2D eigenvalue weighted by molar-refractivity contribution is -0.314. The van der Waals surface area contributed by atoms with Gasteiger partial charge >= 0.3 is 5.97 Å². The van der Waals surface area contributed by atoms with Crippen LogP contribution in [0.5, 0.6) is 0 Å². The number of carbonyl (C=O) groups is 2. The zero-order chi connectivity index (χ0) is 37.8. The largest absolute Gasteiger partial charge is 0.458 e. The standard InChI is InChI=1S/C42H65NO10/c1-9-10-12-27-13-11-14-35(53-37-18-17-34(43-5)24(3)49-37)23(2)38(45)33-21-31-29(32(33)22-36(44)51-27)16-15-26-19-28(20-30(26)31)52-42-41(48-8)40(47-7)39(46-6)25(4)50-42/h10,12,15-16,21,23-32,34-35,37,39-43H,9,11,13-14,17-20,22H2,1-8H3. The summed E-state index contributed by atoms with van der Waals surface area (Å²) < 4.78 is 49.5. The van der Waals surface area contributed by atoms with E-state index in [4.69, 9.17) is 37.9 Å². The Kier molecular flexibility index (Phi) is 14.1. The number of methoxy groups -OCH3 is 3. The average Bonchev–Trinajstić information content (AvgIpc) is 3.72. The lowest BCUT2D eigenvalue weighted by Crippen LogP contribution is -2.59. The molecule has 11 nitrogen and oxygen atoms in total. The van der Waals surface area contributed by atoms with Gasteiger partial charge in [-0.3, -0.25) is 9.59 Å². The van der Waals surface area contributed by atoms with Crippen LogP contribution >= 0.6 is 0 Å². The summed E-state index contributed by atoms with van der Waals surface area (Å²) in [6.07, 6.45) is 14.5. The number of nitrogens with one attached hydrogen (secondary N) is 1. The zero-order valence-corrected chi connectivity index (χ0v) is 33.1. The molecule has 6 aliphatic rings. The predicted molar refractivity (Wildman–Crippen MR) is 199 cm³/mol. The van der Waals surface area contributed by atoms with Gasteiger partial charge in [0.15, 0.2) is 18.4 Å². The minimum atomic E-state index is -0.600.